The van der Waals surface area contributed by atoms with Gasteiger partial charge in [-0.1, -0.05) is 44.2 Å². The number of fused-ring (bicyclic) bond motifs is 2. The number of aliphatic hydroxyl groups excluding tert-OH is 1. The van der Waals surface area contributed by atoms with Crippen LogP contribution in [-0.2, 0) is 19.0 Å². The first-order chi connectivity index (χ1) is 13.7. The zero-order valence-electron chi connectivity index (χ0n) is 17.7. The SMILES string of the molecule is CC(C)[C@H]1[C@@H](O)[C@@H]2O[C@@]2(C)CC[C@H]2O[C@@]2(C)C[C@H]1OC(=O)/C=C\c1ccccc1. The lowest BCUT2D eigenvalue weighted by Crippen LogP contribution is -2.45. The molecule has 0 aromatic heterocycles. The fourth-order valence-corrected chi connectivity index (χ4v) is 4.96. The van der Waals surface area contributed by atoms with E-state index in [2.05, 4.69) is 27.7 Å². The van der Waals surface area contributed by atoms with Crippen molar-refractivity contribution in [3.8, 4) is 0 Å². The van der Waals surface area contributed by atoms with Gasteiger partial charge in [-0.3, -0.25) is 0 Å². The van der Waals surface area contributed by atoms with E-state index in [4.69, 9.17) is 14.2 Å². The molecule has 2 saturated heterocycles. The molecule has 3 fully saturated rings. The first kappa shape index (κ1) is 20.6. The maximum atomic E-state index is 12.6. The summed E-state index contributed by atoms with van der Waals surface area (Å²) in [6, 6.07) is 9.65. The fraction of sp³-hybridized carbons (Fsp3) is 0.625. The number of carbonyl (C=O) groups is 1. The molecule has 7 atom stereocenters. The molecule has 0 radical (unpaired) electrons. The van der Waals surface area contributed by atoms with Crippen molar-refractivity contribution < 1.29 is 24.1 Å². The molecular weight excluding hydrogens is 368 g/mol. The van der Waals surface area contributed by atoms with Crippen LogP contribution >= 0.6 is 0 Å². The van der Waals surface area contributed by atoms with Crippen molar-refractivity contribution in [2.45, 2.75) is 82.6 Å². The smallest absolute Gasteiger partial charge is 0.331 e. The largest absolute Gasteiger partial charge is 0.459 e. The number of hydrogen-bond acceptors (Lipinski definition) is 5. The van der Waals surface area contributed by atoms with Gasteiger partial charge in [-0.05, 0) is 44.2 Å². The third-order valence-corrected chi connectivity index (χ3v) is 6.87. The summed E-state index contributed by atoms with van der Waals surface area (Å²) in [7, 11) is 0. The summed E-state index contributed by atoms with van der Waals surface area (Å²) in [5.74, 6) is -0.473. The van der Waals surface area contributed by atoms with Gasteiger partial charge in [0.05, 0.1) is 23.4 Å². The molecule has 5 nitrogen and oxygen atoms in total. The Morgan fingerprint density at radius 1 is 1.21 bits per heavy atom. The van der Waals surface area contributed by atoms with Gasteiger partial charge in [0, 0.05) is 18.4 Å². The molecule has 158 valence electrons. The Labute approximate surface area is 173 Å². The first-order valence-electron chi connectivity index (χ1n) is 10.7. The standard InChI is InChI=1S/C24H32O5/c1-15(2)20-17(27-19(25)11-10-16-8-6-5-7-9-16)14-24(4)18(28-24)12-13-23(3)22(29-23)21(20)26/h5-11,15,17-18,20-22,26H,12-14H2,1-4H3/b11-10-/t17-,18-,20-,21-,22+,23+,24+/m1/s1. The van der Waals surface area contributed by atoms with E-state index in [1.807, 2.05) is 30.3 Å². The number of esters is 1. The minimum Gasteiger partial charge on any atom is -0.459 e. The Hall–Kier alpha value is -1.69. The summed E-state index contributed by atoms with van der Waals surface area (Å²) < 4.78 is 17.9. The minimum atomic E-state index is -0.671. The Morgan fingerprint density at radius 2 is 1.93 bits per heavy atom. The lowest BCUT2D eigenvalue weighted by atomic mass is 9.76. The lowest BCUT2D eigenvalue weighted by molar-refractivity contribution is -0.152. The van der Waals surface area contributed by atoms with Gasteiger partial charge in [0.15, 0.2) is 0 Å². The third kappa shape index (κ3) is 4.27. The van der Waals surface area contributed by atoms with Crippen molar-refractivity contribution in [3.63, 3.8) is 0 Å². The number of ether oxygens (including phenoxy) is 3. The van der Waals surface area contributed by atoms with Crippen molar-refractivity contribution in [2.24, 2.45) is 11.8 Å². The number of carbonyl (C=O) groups excluding carboxylic acids is 1. The number of rotatable bonds is 4. The Balaban J connectivity index is 1.54. The fourth-order valence-electron chi connectivity index (χ4n) is 4.96. The minimum absolute atomic E-state index is 0.134. The first-order valence-corrected chi connectivity index (χ1v) is 10.7. The van der Waals surface area contributed by atoms with Crippen molar-refractivity contribution in [3.05, 3.63) is 42.0 Å². The monoisotopic (exact) mass is 400 g/mol. The van der Waals surface area contributed by atoms with Crippen molar-refractivity contribution in [1.82, 2.24) is 0 Å². The predicted octanol–water partition coefficient (Wildman–Crippen LogP) is 3.74. The van der Waals surface area contributed by atoms with Gasteiger partial charge in [0.25, 0.3) is 0 Å². The normalized spacial score (nSPS) is 41.5. The topological polar surface area (TPSA) is 71.6 Å². The summed E-state index contributed by atoms with van der Waals surface area (Å²) in [6.07, 6.45) is 4.43. The summed E-state index contributed by atoms with van der Waals surface area (Å²) in [5, 5.41) is 11.1. The quantitative estimate of drug-likeness (QED) is 0.474. The number of benzene rings is 1. The second kappa shape index (κ2) is 7.53. The Bertz CT molecular complexity index is 775. The zero-order valence-corrected chi connectivity index (χ0v) is 17.7. The summed E-state index contributed by atoms with van der Waals surface area (Å²) in [5.41, 5.74) is 0.327. The maximum absolute atomic E-state index is 12.6. The number of epoxide rings is 2. The zero-order chi connectivity index (χ0) is 20.8. The highest BCUT2D eigenvalue weighted by atomic mass is 16.6. The van der Waals surface area contributed by atoms with E-state index in [1.54, 1.807) is 6.08 Å². The van der Waals surface area contributed by atoms with Gasteiger partial charge in [0.1, 0.15) is 12.2 Å². The van der Waals surface area contributed by atoms with Crippen LogP contribution in [0.15, 0.2) is 36.4 Å². The molecule has 1 aliphatic carbocycles. The van der Waals surface area contributed by atoms with Gasteiger partial charge < -0.3 is 19.3 Å². The molecule has 1 aromatic carbocycles. The molecule has 0 unspecified atom stereocenters. The molecule has 1 N–H and O–H groups in total. The average molecular weight is 401 g/mol. The molecule has 29 heavy (non-hydrogen) atoms. The van der Waals surface area contributed by atoms with Crippen LogP contribution < -0.4 is 0 Å². The van der Waals surface area contributed by atoms with Gasteiger partial charge in [-0.15, -0.1) is 0 Å². The molecule has 0 spiro atoms. The van der Waals surface area contributed by atoms with E-state index in [1.165, 1.54) is 6.08 Å². The number of hydrogen-bond donors (Lipinski definition) is 1. The second-order valence-corrected chi connectivity index (χ2v) is 9.54. The predicted molar refractivity (Wildman–Crippen MR) is 110 cm³/mol. The highest BCUT2D eigenvalue weighted by molar-refractivity contribution is 5.87. The van der Waals surface area contributed by atoms with Crippen LogP contribution in [0.1, 0.15) is 52.5 Å². The van der Waals surface area contributed by atoms with Crippen LogP contribution in [0.5, 0.6) is 0 Å². The van der Waals surface area contributed by atoms with Crippen molar-refractivity contribution in [1.29, 1.82) is 0 Å². The highest BCUT2D eigenvalue weighted by Crippen LogP contribution is 2.52. The van der Waals surface area contributed by atoms with E-state index >= 15 is 0 Å². The van der Waals surface area contributed by atoms with E-state index in [9.17, 15) is 9.90 Å². The molecule has 4 rings (SSSR count). The van der Waals surface area contributed by atoms with Crippen LogP contribution in [0, 0.1) is 11.8 Å². The lowest BCUT2D eigenvalue weighted by Gasteiger charge is -2.34. The molecule has 2 heterocycles. The van der Waals surface area contributed by atoms with Crippen LogP contribution in [0.3, 0.4) is 0 Å². The summed E-state index contributed by atoms with van der Waals surface area (Å²) >= 11 is 0. The molecule has 5 heteroatoms. The average Bonchev–Trinajstić information content (AvgIpc) is 3.53. The van der Waals surface area contributed by atoms with Gasteiger partial charge in [-0.25, -0.2) is 4.79 Å². The molecule has 0 bridgehead atoms. The summed E-state index contributed by atoms with van der Waals surface area (Å²) in [4.78, 5) is 12.6. The van der Waals surface area contributed by atoms with Crippen molar-refractivity contribution >= 4 is 12.0 Å². The maximum Gasteiger partial charge on any atom is 0.331 e. The van der Waals surface area contributed by atoms with E-state index in [-0.39, 0.29) is 35.2 Å². The molecule has 3 aliphatic rings. The molecule has 1 saturated carbocycles. The molecule has 0 amide bonds. The van der Waals surface area contributed by atoms with E-state index in [0.29, 0.717) is 6.42 Å². The van der Waals surface area contributed by atoms with E-state index < -0.39 is 18.2 Å². The third-order valence-electron chi connectivity index (χ3n) is 6.87. The van der Waals surface area contributed by atoms with Crippen LogP contribution in [0.25, 0.3) is 6.08 Å². The van der Waals surface area contributed by atoms with Crippen LogP contribution in [0.4, 0.5) is 0 Å². The van der Waals surface area contributed by atoms with Gasteiger partial charge in [-0.2, -0.15) is 0 Å². The van der Waals surface area contributed by atoms with Crippen LogP contribution in [-0.4, -0.2) is 46.7 Å². The van der Waals surface area contributed by atoms with Gasteiger partial charge in [0.2, 0.25) is 0 Å². The Kier molecular flexibility index (Phi) is 5.34. The molecular formula is C24H32O5. The number of aliphatic hydroxyl groups is 1. The second-order valence-electron chi connectivity index (χ2n) is 9.54. The molecule has 2 aliphatic heterocycles. The van der Waals surface area contributed by atoms with Gasteiger partial charge >= 0.3 is 5.97 Å². The highest BCUT2D eigenvalue weighted by Gasteiger charge is 2.63. The van der Waals surface area contributed by atoms with Crippen LogP contribution in [0.2, 0.25) is 0 Å². The van der Waals surface area contributed by atoms with E-state index in [0.717, 1.165) is 18.4 Å². The Morgan fingerprint density at radius 3 is 2.62 bits per heavy atom. The van der Waals surface area contributed by atoms with Crippen molar-refractivity contribution in [2.75, 3.05) is 0 Å². The summed E-state index contributed by atoms with van der Waals surface area (Å²) in [6.45, 7) is 8.27. The molecule has 1 aromatic rings.